The first kappa shape index (κ1) is 43.7. The number of ether oxygens (including phenoxy) is 1. The Hall–Kier alpha value is -7.33. The number of para-hydroxylation sites is 1. The van der Waals surface area contributed by atoms with Gasteiger partial charge in [-0.1, -0.05) is 209 Å². The molecule has 0 bridgehead atoms. The van der Waals surface area contributed by atoms with Crippen LogP contribution in [-0.2, 0) is 42.7 Å². The molecule has 0 spiro atoms. The van der Waals surface area contributed by atoms with E-state index < -0.39 is 25.0 Å². The van der Waals surface area contributed by atoms with Gasteiger partial charge in [-0.05, 0) is 119 Å². The molecule has 0 fully saturated rings. The molecule has 0 saturated heterocycles. The Morgan fingerprint density at radius 3 is 1.88 bits per heavy atom. The number of nitrogens with zero attached hydrogens (tertiary/aromatic N) is 4. The van der Waals surface area contributed by atoms with Gasteiger partial charge in [-0.25, -0.2) is 4.98 Å². The van der Waals surface area contributed by atoms with Crippen LogP contribution in [0.25, 0.3) is 83.4 Å². The van der Waals surface area contributed by atoms with Crippen molar-refractivity contribution in [3.05, 3.63) is 222 Å². The summed E-state index contributed by atoms with van der Waals surface area (Å²) in [5, 5.41) is 2.04. The van der Waals surface area contributed by atoms with Gasteiger partial charge < -0.3 is 13.9 Å². The van der Waals surface area contributed by atoms with Crippen LogP contribution in [-0.4, -0.2) is 14.1 Å². The second kappa shape index (κ2) is 19.9. The van der Waals surface area contributed by atoms with E-state index in [1.54, 1.807) is 18.2 Å². The SMILES string of the molecule is [2H]c1c([2H])c([2H])c(-c2ccc3c(c2)n(-c2[c-]c(Oc4[c-]c5c(cc4)c4ccccc4n5-c4cc(C(C)(C)C)ccn4)ccc2)[c-][n+]3-c2c(-c3cccc(C(C)(C)C)c3)cc(C([2H])([2H])[2H])cc2-c2cc(C(C)(C)C)cc(C(C)(C)C)c2)c([2H])c1[2H].[Pt]. The average molecular weight is 1200 g/mol. The zero-order valence-electron chi connectivity index (χ0n) is 53.9. The van der Waals surface area contributed by atoms with Crippen molar-refractivity contribution < 1.29 is 41.3 Å². The monoisotopic (exact) mass is 1200 g/mol. The minimum absolute atomic E-state index is 0. The van der Waals surface area contributed by atoms with Gasteiger partial charge in [0, 0.05) is 48.4 Å². The first-order valence-electron chi connectivity index (χ1n) is 30.0. The molecule has 0 atom stereocenters. The minimum atomic E-state index is -2.50. The van der Waals surface area contributed by atoms with Crippen molar-refractivity contribution in [1.29, 1.82) is 0 Å². The maximum absolute atomic E-state index is 9.08. The van der Waals surface area contributed by atoms with Crippen LogP contribution in [0, 0.1) is 25.3 Å². The molecule has 3 heterocycles. The van der Waals surface area contributed by atoms with Crippen molar-refractivity contribution in [3.8, 4) is 62.1 Å². The van der Waals surface area contributed by atoms with E-state index in [1.165, 1.54) is 0 Å². The van der Waals surface area contributed by atoms with Crippen LogP contribution >= 0.6 is 0 Å². The summed E-state index contributed by atoms with van der Waals surface area (Å²) in [6.45, 7) is 23.6. The standard InChI is InChI=1S/C71H68N4O.Pt/c1-46-35-60(49-23-19-24-51(37-49)68(2,3)4)67(61(36-46)50-38-53(70(8,9)10)41-54(39-50)71(11,12)13)74-45-73(65-40-48(29-32-63(65)74)47-21-15-14-16-22-47)55-25-20-26-56(43-55)76-57-30-31-59-58-27-17-18-28-62(58)75(64(59)44-57)66-42-52(33-34-72-66)69(5,6)7;/h14-42H,1-13H3;/q-2;/i1D3,14D,15D,16D,21D,22D;. The topological polar surface area (TPSA) is 35.9 Å². The van der Waals surface area contributed by atoms with Crippen molar-refractivity contribution in [1.82, 2.24) is 14.1 Å². The average Bonchev–Trinajstić information content (AvgIpc) is 1.75. The third kappa shape index (κ3) is 10.4. The van der Waals surface area contributed by atoms with Crippen LogP contribution in [0.1, 0.15) is 122 Å². The predicted octanol–water partition coefficient (Wildman–Crippen LogP) is 18.1. The molecule has 0 amide bonds. The molecule has 0 saturated carbocycles. The third-order valence-electron chi connectivity index (χ3n) is 14.4. The summed E-state index contributed by atoms with van der Waals surface area (Å²) < 4.78 is 83.5. The Bertz CT molecular complexity index is 4390. The van der Waals surface area contributed by atoms with E-state index in [1.807, 2.05) is 82.1 Å². The normalized spacial score (nSPS) is 14.0. The van der Waals surface area contributed by atoms with Gasteiger partial charge in [0.25, 0.3) is 6.33 Å². The Labute approximate surface area is 481 Å². The summed E-state index contributed by atoms with van der Waals surface area (Å²) in [6, 6.07) is 50.9. The number of aryl methyl sites for hydroxylation is 1. The quantitative estimate of drug-likeness (QED) is 0.112. The molecule has 6 heteroatoms. The van der Waals surface area contributed by atoms with E-state index in [-0.39, 0.29) is 65.9 Å². The first-order chi connectivity index (χ1) is 39.4. The van der Waals surface area contributed by atoms with Crippen LogP contribution < -0.4 is 9.30 Å². The molecule has 8 aromatic carbocycles. The van der Waals surface area contributed by atoms with E-state index in [0.717, 1.165) is 61.0 Å². The molecule has 0 radical (unpaired) electrons. The van der Waals surface area contributed by atoms with Gasteiger partial charge in [-0.2, -0.15) is 18.2 Å². The molecular formula is C71H68N4OPt-2. The molecule has 77 heavy (non-hydrogen) atoms. The number of hydrogen-bond donors (Lipinski definition) is 0. The summed E-state index contributed by atoms with van der Waals surface area (Å²) in [6.07, 6.45) is 5.59. The number of fused-ring (bicyclic) bond motifs is 4. The van der Waals surface area contributed by atoms with Crippen LogP contribution in [0.2, 0.25) is 0 Å². The Morgan fingerprint density at radius 1 is 0.532 bits per heavy atom. The largest absolute Gasteiger partial charge is 0.510 e. The van der Waals surface area contributed by atoms with Gasteiger partial charge in [0.05, 0.1) is 23.6 Å². The Kier molecular flexibility index (Phi) is 11.3. The second-order valence-corrected chi connectivity index (χ2v) is 24.1. The van der Waals surface area contributed by atoms with Crippen molar-refractivity contribution in [3.63, 3.8) is 0 Å². The number of benzene rings is 8. The first-order valence-corrected chi connectivity index (χ1v) is 26.0. The fourth-order valence-corrected chi connectivity index (χ4v) is 10.0. The molecule has 0 aliphatic carbocycles. The number of aromatic nitrogens is 4. The van der Waals surface area contributed by atoms with Gasteiger partial charge in [-0.15, -0.1) is 29.7 Å². The molecule has 0 aliphatic heterocycles. The molecule has 0 unspecified atom stereocenters. The Morgan fingerprint density at radius 2 is 1.18 bits per heavy atom. The minimum Gasteiger partial charge on any atom is -0.510 e. The Balaban J connectivity index is 0.00000803. The van der Waals surface area contributed by atoms with Gasteiger partial charge in [-0.3, -0.25) is 4.57 Å². The van der Waals surface area contributed by atoms with Gasteiger partial charge in [0.1, 0.15) is 5.82 Å². The molecule has 3 aromatic heterocycles. The van der Waals surface area contributed by atoms with E-state index in [4.69, 9.17) is 20.7 Å². The molecule has 5 nitrogen and oxygen atoms in total. The third-order valence-corrected chi connectivity index (χ3v) is 14.4. The summed E-state index contributed by atoms with van der Waals surface area (Å²) in [5.41, 5.74) is 11.1. The molecule has 0 N–H and O–H groups in total. The number of rotatable bonds is 8. The van der Waals surface area contributed by atoms with E-state index >= 15 is 0 Å². The molecule has 11 rings (SSSR count). The second-order valence-electron chi connectivity index (χ2n) is 24.1. The zero-order chi connectivity index (χ0) is 60.3. The van der Waals surface area contributed by atoms with E-state index in [0.29, 0.717) is 50.6 Å². The van der Waals surface area contributed by atoms with E-state index in [9.17, 15) is 0 Å². The maximum atomic E-state index is 9.08. The summed E-state index contributed by atoms with van der Waals surface area (Å²) >= 11 is 0. The van der Waals surface area contributed by atoms with E-state index in [2.05, 4.69) is 161 Å². The molecule has 390 valence electrons. The predicted molar refractivity (Wildman–Crippen MR) is 316 cm³/mol. The van der Waals surface area contributed by atoms with Crippen LogP contribution in [0.3, 0.4) is 0 Å². The van der Waals surface area contributed by atoms with Crippen molar-refractivity contribution in [2.45, 2.75) is 112 Å². The summed E-state index contributed by atoms with van der Waals surface area (Å²) in [5.74, 6) is 1.58. The van der Waals surface area contributed by atoms with Crippen LogP contribution in [0.15, 0.2) is 176 Å². The van der Waals surface area contributed by atoms with Gasteiger partial charge in [0.15, 0.2) is 0 Å². The summed E-state index contributed by atoms with van der Waals surface area (Å²) in [4.78, 5) is 4.87. The van der Waals surface area contributed by atoms with Crippen molar-refractivity contribution >= 4 is 32.8 Å². The van der Waals surface area contributed by atoms with Crippen molar-refractivity contribution in [2.24, 2.45) is 0 Å². The van der Waals surface area contributed by atoms with Crippen LogP contribution in [0.5, 0.6) is 11.5 Å². The maximum Gasteiger partial charge on any atom is 0.268 e. The van der Waals surface area contributed by atoms with Crippen LogP contribution in [0.4, 0.5) is 0 Å². The van der Waals surface area contributed by atoms with Crippen molar-refractivity contribution in [2.75, 3.05) is 0 Å². The van der Waals surface area contributed by atoms with Gasteiger partial charge >= 0.3 is 0 Å². The summed E-state index contributed by atoms with van der Waals surface area (Å²) in [7, 11) is 0. The number of pyridine rings is 1. The van der Waals surface area contributed by atoms with Gasteiger partial charge in [0.2, 0.25) is 0 Å². The number of hydrogen-bond acceptors (Lipinski definition) is 2. The number of imidazole rings is 1. The zero-order valence-corrected chi connectivity index (χ0v) is 48.1. The molecular weight excluding hydrogens is 1120 g/mol. The fourth-order valence-electron chi connectivity index (χ4n) is 10.0. The molecule has 11 aromatic rings. The smallest absolute Gasteiger partial charge is 0.268 e. The molecule has 0 aliphatic rings. The fraction of sp³-hybridized carbons (Fsp3) is 0.239.